The summed E-state index contributed by atoms with van der Waals surface area (Å²) in [7, 11) is -3.42. The Kier molecular flexibility index (Phi) is 2.75. The molecule has 2 aliphatic rings. The summed E-state index contributed by atoms with van der Waals surface area (Å²) in [6.07, 6.45) is 3.80. The second kappa shape index (κ2) is 4.06. The molecule has 0 saturated heterocycles. The lowest BCUT2D eigenvalue weighted by molar-refractivity contribution is 0.407. The molecule has 1 aromatic heterocycles. The predicted molar refractivity (Wildman–Crippen MR) is 67.8 cm³/mol. The minimum absolute atomic E-state index is 0.133. The van der Waals surface area contributed by atoms with Crippen molar-refractivity contribution in [1.82, 2.24) is 14.3 Å². The van der Waals surface area contributed by atoms with E-state index >= 15 is 0 Å². The smallest absolute Gasteiger partial charge is 0.260 e. The Morgan fingerprint density at radius 2 is 2.06 bits per heavy atom. The molecule has 18 heavy (non-hydrogen) atoms. The van der Waals surface area contributed by atoms with E-state index in [9.17, 15) is 8.42 Å². The molecule has 1 aliphatic carbocycles. The predicted octanol–water partition coefficient (Wildman–Crippen LogP) is 1.21. The van der Waals surface area contributed by atoms with Gasteiger partial charge < -0.3 is 4.57 Å². The molecular weight excluding hydrogens is 250 g/mol. The van der Waals surface area contributed by atoms with Gasteiger partial charge in [0.05, 0.1) is 5.69 Å². The first-order chi connectivity index (χ1) is 8.47. The molecule has 0 radical (unpaired) electrons. The average molecular weight is 269 g/mol. The van der Waals surface area contributed by atoms with Gasteiger partial charge in [-0.2, -0.15) is 0 Å². The number of nitrogens with one attached hydrogen (secondary N) is 1. The van der Waals surface area contributed by atoms with Crippen molar-refractivity contribution in [3.63, 3.8) is 0 Å². The van der Waals surface area contributed by atoms with Crippen molar-refractivity contribution < 1.29 is 8.42 Å². The van der Waals surface area contributed by atoms with Gasteiger partial charge in [-0.3, -0.25) is 0 Å². The quantitative estimate of drug-likeness (QED) is 0.897. The lowest BCUT2D eigenvalue weighted by Gasteiger charge is -2.22. The molecule has 0 aromatic carbocycles. The van der Waals surface area contributed by atoms with E-state index < -0.39 is 10.0 Å². The fourth-order valence-corrected chi connectivity index (χ4v) is 4.09. The van der Waals surface area contributed by atoms with Gasteiger partial charge in [0.15, 0.2) is 5.03 Å². The molecule has 3 rings (SSSR count). The summed E-state index contributed by atoms with van der Waals surface area (Å²) in [5.74, 6) is 1.34. The van der Waals surface area contributed by atoms with E-state index in [2.05, 4.69) is 21.2 Å². The van der Waals surface area contributed by atoms with Crippen LogP contribution in [-0.2, 0) is 23.0 Å². The summed E-state index contributed by atoms with van der Waals surface area (Å²) in [6.45, 7) is 4.93. The zero-order chi connectivity index (χ0) is 12.9. The highest BCUT2D eigenvalue weighted by Gasteiger charge is 2.33. The molecule has 1 unspecified atom stereocenters. The molecule has 1 aromatic rings. The standard InChI is InChI=1S/C12H19N3O2S/c1-8-5-6-15-9(2)13-12(11(15)7-8)18(16,17)14-10-3-4-10/h8,10,14H,3-7H2,1-2H3. The molecule has 6 heteroatoms. The molecular formula is C12H19N3O2S. The highest BCUT2D eigenvalue weighted by atomic mass is 32.2. The number of fused-ring (bicyclic) bond motifs is 1. The fraction of sp³-hybridized carbons (Fsp3) is 0.750. The number of nitrogens with zero attached hydrogens (tertiary/aromatic N) is 2. The SMILES string of the molecule is Cc1nc(S(=O)(=O)NC2CC2)c2n1CCC(C)C2. The van der Waals surface area contributed by atoms with Crippen LogP contribution in [0.15, 0.2) is 5.03 Å². The van der Waals surface area contributed by atoms with Crippen LogP contribution < -0.4 is 4.72 Å². The number of hydrogen-bond acceptors (Lipinski definition) is 3. The first kappa shape index (κ1) is 12.2. The number of sulfonamides is 1. The molecule has 2 heterocycles. The number of aromatic nitrogens is 2. The fourth-order valence-electron chi connectivity index (χ4n) is 2.55. The van der Waals surface area contributed by atoms with E-state index in [1.165, 1.54) is 0 Å². The van der Waals surface area contributed by atoms with Crippen LogP contribution in [0.1, 0.15) is 37.7 Å². The lowest BCUT2D eigenvalue weighted by atomic mass is 9.99. The van der Waals surface area contributed by atoms with Crippen molar-refractivity contribution >= 4 is 10.0 Å². The van der Waals surface area contributed by atoms with Crippen LogP contribution in [0.4, 0.5) is 0 Å². The first-order valence-electron chi connectivity index (χ1n) is 6.55. The third kappa shape index (κ3) is 2.07. The summed E-state index contributed by atoms with van der Waals surface area (Å²) in [5.41, 5.74) is 0.888. The maximum Gasteiger partial charge on any atom is 0.260 e. The van der Waals surface area contributed by atoms with Crippen LogP contribution in [-0.4, -0.2) is 24.0 Å². The normalized spacial score (nSPS) is 24.0. The minimum atomic E-state index is -3.42. The van der Waals surface area contributed by atoms with Gasteiger partial charge in [0, 0.05) is 12.6 Å². The van der Waals surface area contributed by atoms with Crippen LogP contribution in [0.25, 0.3) is 0 Å². The van der Waals surface area contributed by atoms with Gasteiger partial charge in [0.2, 0.25) is 0 Å². The maximum atomic E-state index is 12.3. The van der Waals surface area contributed by atoms with Gasteiger partial charge in [-0.15, -0.1) is 0 Å². The van der Waals surface area contributed by atoms with Gasteiger partial charge in [0.1, 0.15) is 5.82 Å². The second-order valence-electron chi connectivity index (χ2n) is 5.56. The van der Waals surface area contributed by atoms with E-state index in [1.54, 1.807) is 0 Å². The van der Waals surface area contributed by atoms with E-state index in [1.807, 2.05) is 6.92 Å². The van der Waals surface area contributed by atoms with Crippen LogP contribution >= 0.6 is 0 Å². The van der Waals surface area contributed by atoms with Gasteiger partial charge in [-0.05, 0) is 38.5 Å². The van der Waals surface area contributed by atoms with Crippen molar-refractivity contribution in [2.75, 3.05) is 0 Å². The van der Waals surface area contributed by atoms with Crippen molar-refractivity contribution in [2.45, 2.75) is 57.1 Å². The third-order valence-corrected chi connectivity index (χ3v) is 5.25. The van der Waals surface area contributed by atoms with E-state index in [0.717, 1.165) is 43.7 Å². The average Bonchev–Trinajstić information content (AvgIpc) is 3.02. The Morgan fingerprint density at radius 3 is 2.72 bits per heavy atom. The van der Waals surface area contributed by atoms with Crippen molar-refractivity contribution in [3.8, 4) is 0 Å². The number of imidazole rings is 1. The summed E-state index contributed by atoms with van der Waals surface area (Å²) >= 11 is 0. The molecule has 1 aliphatic heterocycles. The topological polar surface area (TPSA) is 64.0 Å². The zero-order valence-corrected chi connectivity index (χ0v) is 11.6. The van der Waals surface area contributed by atoms with Gasteiger partial charge in [0.25, 0.3) is 10.0 Å². The van der Waals surface area contributed by atoms with Crippen LogP contribution in [0, 0.1) is 12.8 Å². The minimum Gasteiger partial charge on any atom is -0.331 e. The number of aryl methyl sites for hydroxylation is 1. The Labute approximate surface area is 108 Å². The molecule has 1 fully saturated rings. The summed E-state index contributed by atoms with van der Waals surface area (Å²) in [4.78, 5) is 4.29. The van der Waals surface area contributed by atoms with E-state index in [4.69, 9.17) is 0 Å². The molecule has 5 nitrogen and oxygen atoms in total. The monoisotopic (exact) mass is 269 g/mol. The Morgan fingerprint density at radius 1 is 1.33 bits per heavy atom. The third-order valence-electron chi connectivity index (χ3n) is 3.77. The number of rotatable bonds is 3. The Bertz CT molecular complexity index is 572. The largest absolute Gasteiger partial charge is 0.331 e. The lowest BCUT2D eigenvalue weighted by Crippen LogP contribution is -2.28. The Balaban J connectivity index is 2.01. The highest BCUT2D eigenvalue weighted by Crippen LogP contribution is 2.28. The molecule has 0 bridgehead atoms. The Hall–Kier alpha value is -0.880. The van der Waals surface area contributed by atoms with E-state index in [0.29, 0.717) is 5.92 Å². The van der Waals surface area contributed by atoms with Crippen LogP contribution in [0.5, 0.6) is 0 Å². The van der Waals surface area contributed by atoms with Crippen molar-refractivity contribution in [3.05, 3.63) is 11.5 Å². The highest BCUT2D eigenvalue weighted by molar-refractivity contribution is 7.89. The van der Waals surface area contributed by atoms with Gasteiger partial charge in [-0.1, -0.05) is 6.92 Å². The van der Waals surface area contributed by atoms with E-state index in [-0.39, 0.29) is 11.1 Å². The maximum absolute atomic E-state index is 12.3. The zero-order valence-electron chi connectivity index (χ0n) is 10.8. The van der Waals surface area contributed by atoms with Crippen LogP contribution in [0.2, 0.25) is 0 Å². The van der Waals surface area contributed by atoms with Gasteiger partial charge >= 0.3 is 0 Å². The molecule has 0 amide bonds. The van der Waals surface area contributed by atoms with Crippen molar-refractivity contribution in [1.29, 1.82) is 0 Å². The number of hydrogen-bond donors (Lipinski definition) is 1. The molecule has 100 valence electrons. The molecule has 1 saturated carbocycles. The molecule has 0 spiro atoms. The summed E-state index contributed by atoms with van der Waals surface area (Å²) < 4.78 is 29.4. The molecule has 1 atom stereocenters. The summed E-state index contributed by atoms with van der Waals surface area (Å²) in [6, 6.07) is 0.133. The summed E-state index contributed by atoms with van der Waals surface area (Å²) in [5, 5.41) is 0.262. The second-order valence-corrected chi connectivity index (χ2v) is 7.19. The molecule has 1 N–H and O–H groups in total. The van der Waals surface area contributed by atoms with Gasteiger partial charge in [-0.25, -0.2) is 18.1 Å². The van der Waals surface area contributed by atoms with Crippen LogP contribution in [0.3, 0.4) is 0 Å². The van der Waals surface area contributed by atoms with Crippen molar-refractivity contribution in [2.24, 2.45) is 5.92 Å². The first-order valence-corrected chi connectivity index (χ1v) is 8.04.